The van der Waals surface area contributed by atoms with Crippen molar-refractivity contribution in [3.05, 3.63) is 48.0 Å². The molecule has 1 amide bonds. The van der Waals surface area contributed by atoms with Crippen molar-refractivity contribution in [2.45, 2.75) is 23.6 Å². The third-order valence-corrected chi connectivity index (χ3v) is 5.91. The average molecular weight is 417 g/mol. The van der Waals surface area contributed by atoms with Crippen LogP contribution < -0.4 is 19.7 Å². The number of carbonyl (C=O) groups excluding carboxylic acids is 1. The number of hydrogen-bond donors (Lipinski definition) is 1. The van der Waals surface area contributed by atoms with Gasteiger partial charge in [0.1, 0.15) is 0 Å². The minimum Gasteiger partial charge on any atom is -0.493 e. The predicted octanol–water partition coefficient (Wildman–Crippen LogP) is 3.34. The zero-order valence-electron chi connectivity index (χ0n) is 17.1. The number of carbonyl (C=O) groups is 1. The fourth-order valence-corrected chi connectivity index (χ4v) is 4.05. The average Bonchev–Trinajstić information content (AvgIpc) is 2.78. The van der Waals surface area contributed by atoms with E-state index in [0.29, 0.717) is 18.0 Å². The highest BCUT2D eigenvalue weighted by molar-refractivity contribution is 8.00. The van der Waals surface area contributed by atoms with E-state index in [1.807, 2.05) is 25.1 Å². The van der Waals surface area contributed by atoms with Crippen LogP contribution in [-0.2, 0) is 16.1 Å². The van der Waals surface area contributed by atoms with Crippen molar-refractivity contribution in [1.29, 1.82) is 0 Å². The zero-order valence-corrected chi connectivity index (χ0v) is 18.0. The van der Waals surface area contributed by atoms with E-state index in [0.717, 1.165) is 36.8 Å². The van der Waals surface area contributed by atoms with Crippen LogP contribution in [0.1, 0.15) is 12.5 Å². The largest absolute Gasteiger partial charge is 0.493 e. The smallest absolute Gasteiger partial charge is 0.233 e. The quantitative estimate of drug-likeness (QED) is 0.666. The summed E-state index contributed by atoms with van der Waals surface area (Å²) in [7, 11) is 3.21. The van der Waals surface area contributed by atoms with Crippen molar-refractivity contribution in [2.75, 3.05) is 45.4 Å². The summed E-state index contributed by atoms with van der Waals surface area (Å²) in [6.45, 7) is 5.79. The van der Waals surface area contributed by atoms with Crippen molar-refractivity contribution in [2.24, 2.45) is 0 Å². The number of anilines is 1. The first kappa shape index (κ1) is 21.3. The molecule has 2 aromatic carbocycles. The summed E-state index contributed by atoms with van der Waals surface area (Å²) >= 11 is 1.49. The van der Waals surface area contributed by atoms with E-state index in [4.69, 9.17) is 14.2 Å². The summed E-state index contributed by atoms with van der Waals surface area (Å²) in [5.74, 6) is 1.34. The number of morpholine rings is 1. The molecule has 1 N–H and O–H groups in total. The van der Waals surface area contributed by atoms with Crippen LogP contribution in [0.5, 0.6) is 11.5 Å². The highest BCUT2D eigenvalue weighted by Crippen LogP contribution is 2.33. The molecular weight excluding hydrogens is 388 g/mol. The molecule has 2 aromatic rings. The van der Waals surface area contributed by atoms with E-state index in [-0.39, 0.29) is 11.2 Å². The molecule has 0 saturated carbocycles. The maximum atomic E-state index is 12.5. The normalized spacial score (nSPS) is 14.9. The van der Waals surface area contributed by atoms with Crippen LogP contribution >= 0.6 is 11.8 Å². The highest BCUT2D eigenvalue weighted by atomic mass is 32.2. The molecule has 3 rings (SSSR count). The lowest BCUT2D eigenvalue weighted by Gasteiger charge is -2.28. The van der Waals surface area contributed by atoms with Gasteiger partial charge in [-0.1, -0.05) is 12.1 Å². The van der Waals surface area contributed by atoms with E-state index in [9.17, 15) is 4.79 Å². The van der Waals surface area contributed by atoms with E-state index < -0.39 is 0 Å². The summed E-state index contributed by atoms with van der Waals surface area (Å²) in [6.07, 6.45) is 0. The molecule has 0 spiro atoms. The fraction of sp³-hybridized carbons (Fsp3) is 0.409. The van der Waals surface area contributed by atoms with Crippen LogP contribution in [0.2, 0.25) is 0 Å². The summed E-state index contributed by atoms with van der Waals surface area (Å²) < 4.78 is 16.0. The van der Waals surface area contributed by atoms with Crippen molar-refractivity contribution in [1.82, 2.24) is 5.32 Å². The second kappa shape index (κ2) is 10.4. The summed E-state index contributed by atoms with van der Waals surface area (Å²) in [4.78, 5) is 15.8. The van der Waals surface area contributed by atoms with Gasteiger partial charge in [-0.3, -0.25) is 4.79 Å². The maximum absolute atomic E-state index is 12.5. The van der Waals surface area contributed by atoms with Crippen molar-refractivity contribution in [3.8, 4) is 11.5 Å². The number of nitrogens with zero attached hydrogens (tertiary/aromatic N) is 1. The number of ether oxygens (including phenoxy) is 3. The minimum atomic E-state index is -0.222. The standard InChI is InChI=1S/C22H28N2O4S/c1-16(29-19-8-9-20(26-2)21(14-19)27-3)22(25)23-15-17-4-6-18(7-5-17)24-10-12-28-13-11-24/h4-9,14,16H,10-13,15H2,1-3H3,(H,23,25)/t16-/m1/s1. The molecule has 1 heterocycles. The molecule has 29 heavy (non-hydrogen) atoms. The molecule has 1 fully saturated rings. The van der Waals surface area contributed by atoms with Gasteiger partial charge in [-0.2, -0.15) is 0 Å². The van der Waals surface area contributed by atoms with Crippen LogP contribution in [0.4, 0.5) is 5.69 Å². The molecule has 156 valence electrons. The molecule has 0 bridgehead atoms. The molecule has 0 unspecified atom stereocenters. The Labute approximate surface area is 176 Å². The molecule has 7 heteroatoms. The highest BCUT2D eigenvalue weighted by Gasteiger charge is 2.16. The molecule has 6 nitrogen and oxygen atoms in total. The van der Waals surface area contributed by atoms with Gasteiger partial charge in [0.2, 0.25) is 5.91 Å². The first-order chi connectivity index (χ1) is 14.1. The van der Waals surface area contributed by atoms with Crippen LogP contribution in [0, 0.1) is 0 Å². The van der Waals surface area contributed by atoms with Gasteiger partial charge in [-0.25, -0.2) is 0 Å². The number of methoxy groups -OCH3 is 2. The van der Waals surface area contributed by atoms with Gasteiger partial charge >= 0.3 is 0 Å². The molecule has 0 radical (unpaired) electrons. The summed E-state index contributed by atoms with van der Waals surface area (Å²) in [5.41, 5.74) is 2.28. The monoisotopic (exact) mass is 416 g/mol. The molecule has 0 aliphatic carbocycles. The van der Waals surface area contributed by atoms with Gasteiger partial charge in [-0.05, 0) is 42.8 Å². The molecule has 1 aliphatic heterocycles. The lowest BCUT2D eigenvalue weighted by atomic mass is 10.2. The fourth-order valence-electron chi connectivity index (χ4n) is 3.13. The Morgan fingerprint density at radius 1 is 1.10 bits per heavy atom. The number of nitrogens with one attached hydrogen (secondary N) is 1. The lowest BCUT2D eigenvalue weighted by Crippen LogP contribution is -2.36. The first-order valence-corrected chi connectivity index (χ1v) is 10.6. The van der Waals surface area contributed by atoms with Crippen molar-refractivity contribution in [3.63, 3.8) is 0 Å². The van der Waals surface area contributed by atoms with Crippen LogP contribution in [0.25, 0.3) is 0 Å². The lowest BCUT2D eigenvalue weighted by molar-refractivity contribution is -0.120. The van der Waals surface area contributed by atoms with Crippen LogP contribution in [0.3, 0.4) is 0 Å². The topological polar surface area (TPSA) is 60.0 Å². The van der Waals surface area contributed by atoms with E-state index in [1.165, 1.54) is 17.4 Å². The Hall–Kier alpha value is -2.38. The number of hydrogen-bond acceptors (Lipinski definition) is 6. The Balaban J connectivity index is 1.51. The molecule has 1 saturated heterocycles. The first-order valence-electron chi connectivity index (χ1n) is 9.68. The molecular formula is C22H28N2O4S. The SMILES string of the molecule is COc1ccc(S[C@H](C)C(=O)NCc2ccc(N3CCOCC3)cc2)cc1OC. The van der Waals surface area contributed by atoms with Crippen molar-refractivity contribution >= 4 is 23.4 Å². The number of benzene rings is 2. The van der Waals surface area contributed by atoms with Gasteiger partial charge in [0, 0.05) is 30.2 Å². The van der Waals surface area contributed by atoms with Gasteiger partial charge in [-0.15, -0.1) is 11.8 Å². The van der Waals surface area contributed by atoms with Crippen LogP contribution in [-0.4, -0.2) is 51.7 Å². The zero-order chi connectivity index (χ0) is 20.6. The van der Waals surface area contributed by atoms with Gasteiger partial charge < -0.3 is 24.4 Å². The molecule has 1 aliphatic rings. The Bertz CT molecular complexity index is 807. The molecule has 1 atom stereocenters. The minimum absolute atomic E-state index is 0.00189. The van der Waals surface area contributed by atoms with E-state index in [2.05, 4.69) is 34.5 Å². The summed E-state index contributed by atoms with van der Waals surface area (Å²) in [6, 6.07) is 14.0. The van der Waals surface area contributed by atoms with E-state index in [1.54, 1.807) is 14.2 Å². The van der Waals surface area contributed by atoms with Crippen molar-refractivity contribution < 1.29 is 19.0 Å². The number of rotatable bonds is 8. The van der Waals surface area contributed by atoms with Gasteiger partial charge in [0.25, 0.3) is 0 Å². The second-order valence-electron chi connectivity index (χ2n) is 6.76. The third kappa shape index (κ3) is 5.81. The Morgan fingerprint density at radius 2 is 1.79 bits per heavy atom. The number of thioether (sulfide) groups is 1. The molecule has 0 aromatic heterocycles. The van der Waals surface area contributed by atoms with Gasteiger partial charge in [0.15, 0.2) is 11.5 Å². The van der Waals surface area contributed by atoms with Crippen LogP contribution in [0.15, 0.2) is 47.4 Å². The second-order valence-corrected chi connectivity index (χ2v) is 8.17. The Kier molecular flexibility index (Phi) is 7.66. The van der Waals surface area contributed by atoms with Gasteiger partial charge in [0.05, 0.1) is 32.7 Å². The van der Waals surface area contributed by atoms with E-state index >= 15 is 0 Å². The maximum Gasteiger partial charge on any atom is 0.233 e. The predicted molar refractivity (Wildman–Crippen MR) is 116 cm³/mol. The summed E-state index contributed by atoms with van der Waals surface area (Å²) in [5, 5.41) is 2.80. The Morgan fingerprint density at radius 3 is 2.45 bits per heavy atom. The third-order valence-electron chi connectivity index (χ3n) is 4.82. The number of amides is 1.